The van der Waals surface area contributed by atoms with E-state index in [4.69, 9.17) is 16.0 Å². The third kappa shape index (κ3) is 1.82. The average molecular weight is 187 g/mol. The zero-order chi connectivity index (χ0) is 8.60. The zero-order valence-corrected chi connectivity index (χ0v) is 7.47. The average Bonchev–Trinajstić information content (AvgIpc) is 2.60. The van der Waals surface area contributed by atoms with Crippen LogP contribution in [-0.4, -0.2) is 10.7 Å². The molecule has 1 N–H and O–H groups in total. The van der Waals surface area contributed by atoms with Gasteiger partial charge >= 0.3 is 0 Å². The summed E-state index contributed by atoms with van der Waals surface area (Å²) in [6.07, 6.45) is 3.43. The molecule has 0 atom stereocenters. The Bertz CT molecular complexity index is 276. The lowest BCUT2D eigenvalue weighted by Crippen LogP contribution is -2.07. The minimum atomic E-state index is -0.390. The van der Waals surface area contributed by atoms with Crippen LogP contribution < -0.4 is 0 Å². The van der Waals surface area contributed by atoms with E-state index in [0.717, 1.165) is 31.4 Å². The van der Waals surface area contributed by atoms with E-state index in [1.165, 1.54) is 0 Å². The van der Waals surface area contributed by atoms with Crippen LogP contribution in [0.4, 0.5) is 0 Å². The third-order valence-corrected chi connectivity index (χ3v) is 2.50. The fourth-order valence-corrected chi connectivity index (χ4v) is 1.40. The summed E-state index contributed by atoms with van der Waals surface area (Å²) in [6, 6.07) is 3.59. The standard InChI is InChI=1S/C9H11ClO2/c10-8-2-1-7(12-8)3-4-9(11)5-6-9/h1-2,11H,3-6H2. The number of hydrogen-bond donors (Lipinski definition) is 1. The summed E-state index contributed by atoms with van der Waals surface area (Å²) >= 11 is 5.60. The normalized spacial score (nSPS) is 19.5. The first-order chi connectivity index (χ1) is 5.68. The Morgan fingerprint density at radius 1 is 1.50 bits per heavy atom. The molecule has 1 saturated carbocycles. The number of aryl methyl sites for hydroxylation is 1. The van der Waals surface area contributed by atoms with E-state index in [-0.39, 0.29) is 5.60 Å². The fraction of sp³-hybridized carbons (Fsp3) is 0.556. The fourth-order valence-electron chi connectivity index (χ4n) is 1.24. The van der Waals surface area contributed by atoms with E-state index < -0.39 is 0 Å². The van der Waals surface area contributed by atoms with Crippen LogP contribution in [0.25, 0.3) is 0 Å². The van der Waals surface area contributed by atoms with Crippen molar-refractivity contribution in [2.24, 2.45) is 0 Å². The lowest BCUT2D eigenvalue weighted by Gasteiger charge is -2.03. The Hall–Kier alpha value is -0.470. The van der Waals surface area contributed by atoms with Gasteiger partial charge in [-0.15, -0.1) is 0 Å². The third-order valence-electron chi connectivity index (χ3n) is 2.29. The maximum Gasteiger partial charge on any atom is 0.193 e. The van der Waals surface area contributed by atoms with Crippen LogP contribution in [0.1, 0.15) is 25.0 Å². The van der Waals surface area contributed by atoms with Gasteiger partial charge < -0.3 is 9.52 Å². The van der Waals surface area contributed by atoms with Gasteiger partial charge in [-0.1, -0.05) is 0 Å². The molecule has 0 radical (unpaired) electrons. The second-order valence-electron chi connectivity index (χ2n) is 3.43. The molecule has 1 aromatic heterocycles. The second kappa shape index (κ2) is 2.79. The smallest absolute Gasteiger partial charge is 0.193 e. The van der Waals surface area contributed by atoms with Gasteiger partial charge in [0.25, 0.3) is 0 Å². The number of aliphatic hydroxyl groups is 1. The van der Waals surface area contributed by atoms with Crippen LogP contribution >= 0.6 is 11.6 Å². The Morgan fingerprint density at radius 2 is 2.25 bits per heavy atom. The molecule has 1 fully saturated rings. The molecular formula is C9H11ClO2. The number of halogens is 1. The van der Waals surface area contributed by atoms with Gasteiger partial charge in [0.05, 0.1) is 5.60 Å². The van der Waals surface area contributed by atoms with Crippen LogP contribution in [-0.2, 0) is 6.42 Å². The minimum absolute atomic E-state index is 0.390. The minimum Gasteiger partial charge on any atom is -0.450 e. The molecule has 0 unspecified atom stereocenters. The van der Waals surface area contributed by atoms with Crippen molar-refractivity contribution in [1.82, 2.24) is 0 Å². The second-order valence-corrected chi connectivity index (χ2v) is 3.80. The quantitative estimate of drug-likeness (QED) is 0.787. The Kier molecular flexibility index (Phi) is 1.89. The van der Waals surface area contributed by atoms with Gasteiger partial charge in [-0.3, -0.25) is 0 Å². The molecule has 0 aromatic carbocycles. The summed E-state index contributed by atoms with van der Waals surface area (Å²) in [5.74, 6) is 0.861. The molecular weight excluding hydrogens is 176 g/mol. The molecule has 66 valence electrons. The van der Waals surface area contributed by atoms with Crippen molar-refractivity contribution in [2.75, 3.05) is 0 Å². The van der Waals surface area contributed by atoms with E-state index in [9.17, 15) is 5.11 Å². The van der Waals surface area contributed by atoms with E-state index in [1.807, 2.05) is 6.07 Å². The van der Waals surface area contributed by atoms with Crippen molar-refractivity contribution in [3.05, 3.63) is 23.1 Å². The highest BCUT2D eigenvalue weighted by atomic mass is 35.5. The number of hydrogen-bond acceptors (Lipinski definition) is 2. The van der Waals surface area contributed by atoms with Crippen molar-refractivity contribution in [1.29, 1.82) is 0 Å². The van der Waals surface area contributed by atoms with Crippen LogP contribution in [0.2, 0.25) is 5.22 Å². The lowest BCUT2D eigenvalue weighted by molar-refractivity contribution is 0.138. The summed E-state index contributed by atoms with van der Waals surface area (Å²) in [5.41, 5.74) is -0.390. The largest absolute Gasteiger partial charge is 0.450 e. The maximum atomic E-state index is 9.52. The Morgan fingerprint density at radius 3 is 2.75 bits per heavy atom. The number of rotatable bonds is 3. The highest BCUT2D eigenvalue weighted by Gasteiger charge is 2.39. The summed E-state index contributed by atoms with van der Waals surface area (Å²) in [5, 5.41) is 9.95. The van der Waals surface area contributed by atoms with Crippen LogP contribution in [0.15, 0.2) is 16.5 Å². The Labute approximate surface area is 76.1 Å². The molecule has 1 aliphatic rings. The molecule has 2 nitrogen and oxygen atoms in total. The molecule has 0 aliphatic heterocycles. The molecule has 0 spiro atoms. The van der Waals surface area contributed by atoms with Crippen LogP contribution in [0.3, 0.4) is 0 Å². The van der Waals surface area contributed by atoms with Crippen LogP contribution in [0, 0.1) is 0 Å². The van der Waals surface area contributed by atoms with Crippen molar-refractivity contribution in [3.8, 4) is 0 Å². The summed E-state index contributed by atoms with van der Waals surface area (Å²) < 4.78 is 5.16. The highest BCUT2D eigenvalue weighted by molar-refractivity contribution is 6.28. The van der Waals surface area contributed by atoms with E-state index >= 15 is 0 Å². The summed E-state index contributed by atoms with van der Waals surface area (Å²) in [7, 11) is 0. The first-order valence-corrected chi connectivity index (χ1v) is 4.52. The van der Waals surface area contributed by atoms with Gasteiger partial charge in [0.2, 0.25) is 0 Å². The summed E-state index contributed by atoms with van der Waals surface area (Å²) in [6.45, 7) is 0. The van der Waals surface area contributed by atoms with Gasteiger partial charge in [-0.05, 0) is 43.0 Å². The molecule has 12 heavy (non-hydrogen) atoms. The molecule has 1 aromatic rings. The van der Waals surface area contributed by atoms with Crippen molar-refractivity contribution < 1.29 is 9.52 Å². The predicted octanol–water partition coefficient (Wildman–Crippen LogP) is 2.39. The van der Waals surface area contributed by atoms with Crippen molar-refractivity contribution in [3.63, 3.8) is 0 Å². The van der Waals surface area contributed by atoms with E-state index in [0.29, 0.717) is 5.22 Å². The topological polar surface area (TPSA) is 33.4 Å². The van der Waals surface area contributed by atoms with Crippen molar-refractivity contribution in [2.45, 2.75) is 31.3 Å². The molecule has 0 amide bonds. The van der Waals surface area contributed by atoms with Gasteiger partial charge in [0.1, 0.15) is 5.76 Å². The SMILES string of the molecule is OC1(CCc2ccc(Cl)o2)CC1. The molecule has 1 heterocycles. The van der Waals surface area contributed by atoms with Gasteiger partial charge in [0.15, 0.2) is 5.22 Å². The van der Waals surface area contributed by atoms with Gasteiger partial charge in [-0.25, -0.2) is 0 Å². The van der Waals surface area contributed by atoms with Crippen LogP contribution in [0.5, 0.6) is 0 Å². The molecule has 0 bridgehead atoms. The van der Waals surface area contributed by atoms with E-state index in [1.54, 1.807) is 6.07 Å². The van der Waals surface area contributed by atoms with E-state index in [2.05, 4.69) is 0 Å². The Balaban J connectivity index is 1.87. The van der Waals surface area contributed by atoms with Gasteiger partial charge in [0, 0.05) is 6.42 Å². The summed E-state index contributed by atoms with van der Waals surface area (Å²) in [4.78, 5) is 0. The first kappa shape index (κ1) is 8.14. The van der Waals surface area contributed by atoms with Crippen molar-refractivity contribution >= 4 is 11.6 Å². The lowest BCUT2D eigenvalue weighted by atomic mass is 10.1. The molecule has 3 heteroatoms. The maximum absolute atomic E-state index is 9.52. The van der Waals surface area contributed by atoms with Gasteiger partial charge in [-0.2, -0.15) is 0 Å². The zero-order valence-electron chi connectivity index (χ0n) is 6.72. The highest BCUT2D eigenvalue weighted by Crippen LogP contribution is 2.39. The predicted molar refractivity (Wildman–Crippen MR) is 46.2 cm³/mol. The number of furan rings is 1. The monoisotopic (exact) mass is 186 g/mol. The molecule has 1 aliphatic carbocycles. The molecule has 0 saturated heterocycles. The molecule has 2 rings (SSSR count). The first-order valence-electron chi connectivity index (χ1n) is 4.15.